The van der Waals surface area contributed by atoms with Crippen LogP contribution in [0.25, 0.3) is 0 Å². The number of halogens is 1. The van der Waals surface area contributed by atoms with Gasteiger partial charge in [-0.05, 0) is 36.2 Å². The monoisotopic (exact) mass is 442 g/mol. The van der Waals surface area contributed by atoms with Crippen LogP contribution in [0.3, 0.4) is 0 Å². The molecule has 1 unspecified atom stereocenters. The van der Waals surface area contributed by atoms with Crippen molar-refractivity contribution in [3.63, 3.8) is 0 Å². The Morgan fingerprint density at radius 2 is 1.81 bits per heavy atom. The van der Waals surface area contributed by atoms with Crippen molar-refractivity contribution in [3.8, 4) is 0 Å². The van der Waals surface area contributed by atoms with Crippen LogP contribution < -0.4 is 10.2 Å². The summed E-state index contributed by atoms with van der Waals surface area (Å²) >= 11 is 1.46. The van der Waals surface area contributed by atoms with Crippen LogP contribution in [0.5, 0.6) is 0 Å². The molecule has 1 fully saturated rings. The highest BCUT2D eigenvalue weighted by atomic mass is 32.2. The van der Waals surface area contributed by atoms with Crippen LogP contribution in [0.2, 0.25) is 0 Å². The summed E-state index contributed by atoms with van der Waals surface area (Å²) in [6, 6.07) is 13.8. The van der Waals surface area contributed by atoms with Gasteiger partial charge < -0.3 is 5.32 Å². The summed E-state index contributed by atoms with van der Waals surface area (Å²) in [4.78, 5) is 26.3. The van der Waals surface area contributed by atoms with Crippen molar-refractivity contribution >= 4 is 35.0 Å². The molecule has 1 heterocycles. The molecule has 0 bridgehead atoms. The topological polar surface area (TPSA) is 49.4 Å². The van der Waals surface area contributed by atoms with Gasteiger partial charge in [-0.2, -0.15) is 0 Å². The minimum atomic E-state index is -0.414. The molecule has 2 amide bonds. The Morgan fingerprint density at radius 3 is 2.58 bits per heavy atom. The van der Waals surface area contributed by atoms with E-state index in [-0.39, 0.29) is 22.9 Å². The van der Waals surface area contributed by atoms with E-state index in [1.165, 1.54) is 54.8 Å². The van der Waals surface area contributed by atoms with Gasteiger partial charge in [-0.15, -0.1) is 11.8 Å². The van der Waals surface area contributed by atoms with Crippen LogP contribution in [0.15, 0.2) is 48.5 Å². The lowest BCUT2D eigenvalue weighted by atomic mass is 10.1. The second-order valence-electron chi connectivity index (χ2n) is 7.92. The lowest BCUT2D eigenvalue weighted by molar-refractivity contribution is -0.117. The molecule has 3 rings (SSSR count). The Kier molecular flexibility index (Phi) is 8.95. The van der Waals surface area contributed by atoms with Gasteiger partial charge in [-0.1, -0.05) is 69.7 Å². The number of para-hydroxylation sites is 1. The first-order valence-corrected chi connectivity index (χ1v) is 12.2. The molecule has 166 valence electrons. The number of nitrogens with zero attached hydrogens (tertiary/aromatic N) is 1. The summed E-state index contributed by atoms with van der Waals surface area (Å²) in [5.41, 5.74) is 1.86. The third-order valence-electron chi connectivity index (χ3n) is 5.44. The van der Waals surface area contributed by atoms with E-state index in [2.05, 4.69) is 12.2 Å². The standard InChI is InChI=1S/C25H31FN2O2S/c1-2-3-4-5-6-7-8-16-23(29)27-20-13-11-12-19(17-20)25-28(24(30)18-31-25)22-15-10-9-14-21(22)26/h9-15,17,25H,2-8,16,18H2,1H3,(H,27,29). The largest absolute Gasteiger partial charge is 0.326 e. The lowest BCUT2D eigenvalue weighted by Gasteiger charge is -2.25. The molecule has 0 saturated carbocycles. The third kappa shape index (κ3) is 6.57. The van der Waals surface area contributed by atoms with E-state index in [0.29, 0.717) is 17.9 Å². The molecule has 1 N–H and O–H groups in total. The minimum Gasteiger partial charge on any atom is -0.326 e. The van der Waals surface area contributed by atoms with Crippen LogP contribution in [0, 0.1) is 5.82 Å². The molecule has 1 saturated heterocycles. The maximum absolute atomic E-state index is 14.3. The fourth-order valence-corrected chi connectivity index (χ4v) is 4.97. The quantitative estimate of drug-likeness (QED) is 0.395. The second kappa shape index (κ2) is 11.9. The molecule has 6 heteroatoms. The van der Waals surface area contributed by atoms with Crippen molar-refractivity contribution in [2.75, 3.05) is 16.0 Å². The Labute approximate surface area is 188 Å². The van der Waals surface area contributed by atoms with Crippen LogP contribution in [0.1, 0.15) is 69.2 Å². The van der Waals surface area contributed by atoms with Crippen LogP contribution in [0.4, 0.5) is 15.8 Å². The van der Waals surface area contributed by atoms with Gasteiger partial charge in [0, 0.05) is 12.1 Å². The van der Waals surface area contributed by atoms with E-state index in [4.69, 9.17) is 0 Å². The van der Waals surface area contributed by atoms with Gasteiger partial charge in [-0.3, -0.25) is 14.5 Å². The normalized spacial score (nSPS) is 16.0. The van der Waals surface area contributed by atoms with Crippen molar-refractivity contribution in [1.82, 2.24) is 0 Å². The number of rotatable bonds is 11. The Morgan fingerprint density at radius 1 is 1.06 bits per heavy atom. The smallest absolute Gasteiger partial charge is 0.238 e. The van der Waals surface area contributed by atoms with Gasteiger partial charge in [0.25, 0.3) is 0 Å². The minimum absolute atomic E-state index is 0.00631. The Hall–Kier alpha value is -2.34. The van der Waals surface area contributed by atoms with E-state index >= 15 is 0 Å². The van der Waals surface area contributed by atoms with E-state index in [0.717, 1.165) is 18.4 Å². The number of hydrogen-bond acceptors (Lipinski definition) is 3. The molecule has 1 aliphatic heterocycles. The maximum Gasteiger partial charge on any atom is 0.238 e. The summed E-state index contributed by atoms with van der Waals surface area (Å²) < 4.78 is 14.3. The fraction of sp³-hybridized carbons (Fsp3) is 0.440. The lowest BCUT2D eigenvalue weighted by Crippen LogP contribution is -2.28. The molecular weight excluding hydrogens is 411 g/mol. The van der Waals surface area contributed by atoms with E-state index in [1.807, 2.05) is 24.3 Å². The van der Waals surface area contributed by atoms with Gasteiger partial charge in [0.15, 0.2) is 0 Å². The second-order valence-corrected chi connectivity index (χ2v) is 8.99. The highest BCUT2D eigenvalue weighted by Crippen LogP contribution is 2.42. The third-order valence-corrected chi connectivity index (χ3v) is 6.66. The number of amides is 2. The summed E-state index contributed by atoms with van der Waals surface area (Å²) in [6.07, 6.45) is 8.72. The molecule has 2 aromatic rings. The molecule has 4 nitrogen and oxygen atoms in total. The van der Waals surface area contributed by atoms with Crippen LogP contribution in [-0.4, -0.2) is 17.6 Å². The van der Waals surface area contributed by atoms with Crippen molar-refractivity contribution in [2.45, 2.75) is 63.7 Å². The Bertz CT molecular complexity index is 889. The summed E-state index contributed by atoms with van der Waals surface area (Å²) in [7, 11) is 0. The molecule has 0 radical (unpaired) electrons. The summed E-state index contributed by atoms with van der Waals surface area (Å²) in [6.45, 7) is 2.21. The fourth-order valence-electron chi connectivity index (χ4n) is 3.81. The molecule has 1 aliphatic rings. The number of thioether (sulfide) groups is 1. The number of nitrogens with one attached hydrogen (secondary N) is 1. The molecule has 2 aromatic carbocycles. The predicted molar refractivity (Wildman–Crippen MR) is 127 cm³/mol. The van der Waals surface area contributed by atoms with Gasteiger partial charge in [0.05, 0.1) is 11.4 Å². The highest BCUT2D eigenvalue weighted by Gasteiger charge is 2.35. The first-order valence-electron chi connectivity index (χ1n) is 11.2. The van der Waals surface area contributed by atoms with E-state index < -0.39 is 5.82 Å². The molecule has 31 heavy (non-hydrogen) atoms. The summed E-state index contributed by atoms with van der Waals surface area (Å²) in [5.74, 6) is -0.226. The van der Waals surface area contributed by atoms with Gasteiger partial charge >= 0.3 is 0 Å². The van der Waals surface area contributed by atoms with Crippen LogP contribution in [-0.2, 0) is 9.59 Å². The first kappa shape index (κ1) is 23.3. The average molecular weight is 443 g/mol. The van der Waals surface area contributed by atoms with Crippen LogP contribution >= 0.6 is 11.8 Å². The van der Waals surface area contributed by atoms with Crippen molar-refractivity contribution in [2.24, 2.45) is 0 Å². The van der Waals surface area contributed by atoms with E-state index in [1.54, 1.807) is 18.2 Å². The first-order chi connectivity index (χ1) is 15.1. The number of benzene rings is 2. The molecular formula is C25H31FN2O2S. The number of unbranched alkanes of at least 4 members (excludes halogenated alkanes) is 6. The van der Waals surface area contributed by atoms with Crippen molar-refractivity contribution < 1.29 is 14.0 Å². The Balaban J connectivity index is 1.58. The number of carbonyl (C=O) groups excluding carboxylic acids is 2. The summed E-state index contributed by atoms with van der Waals surface area (Å²) in [5, 5.41) is 2.65. The predicted octanol–water partition coefficient (Wildman–Crippen LogP) is 6.68. The highest BCUT2D eigenvalue weighted by molar-refractivity contribution is 8.00. The number of carbonyl (C=O) groups is 2. The van der Waals surface area contributed by atoms with Crippen molar-refractivity contribution in [1.29, 1.82) is 0 Å². The van der Waals surface area contributed by atoms with Gasteiger partial charge in [0.1, 0.15) is 11.2 Å². The number of anilines is 2. The SMILES string of the molecule is CCCCCCCCCC(=O)Nc1cccc(C2SCC(=O)N2c2ccccc2F)c1. The molecule has 0 spiro atoms. The van der Waals surface area contributed by atoms with E-state index in [9.17, 15) is 14.0 Å². The average Bonchev–Trinajstić information content (AvgIpc) is 3.15. The molecule has 0 aromatic heterocycles. The molecule has 0 aliphatic carbocycles. The zero-order valence-corrected chi connectivity index (χ0v) is 18.9. The van der Waals surface area contributed by atoms with Gasteiger partial charge in [-0.25, -0.2) is 4.39 Å². The maximum atomic E-state index is 14.3. The molecule has 1 atom stereocenters. The van der Waals surface area contributed by atoms with Gasteiger partial charge in [0.2, 0.25) is 11.8 Å². The zero-order valence-electron chi connectivity index (χ0n) is 18.1. The number of hydrogen-bond donors (Lipinski definition) is 1. The van der Waals surface area contributed by atoms with Crippen molar-refractivity contribution in [3.05, 3.63) is 59.9 Å². The zero-order chi connectivity index (χ0) is 22.1.